The number of pyridine rings is 1. The van der Waals surface area contributed by atoms with E-state index in [0.29, 0.717) is 17.1 Å². The highest BCUT2D eigenvalue weighted by atomic mass is 32.2. The second-order valence-electron chi connectivity index (χ2n) is 6.06. The number of amides is 1. The van der Waals surface area contributed by atoms with Crippen molar-refractivity contribution < 1.29 is 9.32 Å². The molecule has 1 aromatic carbocycles. The summed E-state index contributed by atoms with van der Waals surface area (Å²) in [6.07, 6.45) is 3.51. The number of carbonyl (C=O) groups excluding carboxylic acids is 1. The van der Waals surface area contributed by atoms with Crippen LogP contribution in [-0.2, 0) is 11.3 Å². The van der Waals surface area contributed by atoms with Crippen LogP contribution in [0.5, 0.6) is 0 Å². The first-order chi connectivity index (χ1) is 14.1. The van der Waals surface area contributed by atoms with Crippen LogP contribution >= 0.6 is 23.1 Å². The molecule has 4 aromatic rings. The van der Waals surface area contributed by atoms with Gasteiger partial charge in [-0.1, -0.05) is 17.3 Å². The van der Waals surface area contributed by atoms with E-state index in [1.54, 1.807) is 30.1 Å². The fourth-order valence-electron chi connectivity index (χ4n) is 2.68. The van der Waals surface area contributed by atoms with E-state index in [0.717, 1.165) is 9.77 Å². The zero-order valence-electron chi connectivity index (χ0n) is 15.4. The van der Waals surface area contributed by atoms with Crippen LogP contribution in [0.25, 0.3) is 22.2 Å². The number of benzene rings is 1. The molecule has 1 N–H and O–H groups in total. The minimum Gasteiger partial charge on any atom is -0.334 e. The Morgan fingerprint density at radius 2 is 2.14 bits per heavy atom. The summed E-state index contributed by atoms with van der Waals surface area (Å²) < 4.78 is 6.64. The van der Waals surface area contributed by atoms with E-state index in [4.69, 9.17) is 4.52 Å². The predicted octanol–water partition coefficient (Wildman–Crippen LogP) is 3.99. The van der Waals surface area contributed by atoms with E-state index in [1.165, 1.54) is 22.0 Å². The van der Waals surface area contributed by atoms with Crippen molar-refractivity contribution in [2.24, 2.45) is 0 Å². The highest BCUT2D eigenvalue weighted by Gasteiger charge is 2.13. The van der Waals surface area contributed by atoms with Gasteiger partial charge >= 0.3 is 0 Å². The molecule has 0 aliphatic carbocycles. The molecule has 0 atom stereocenters. The fourth-order valence-corrected chi connectivity index (χ4v) is 3.79. The quantitative estimate of drug-likeness (QED) is 0.471. The molecule has 3 aromatic heterocycles. The Kier molecular flexibility index (Phi) is 5.59. The predicted molar refractivity (Wildman–Crippen MR) is 114 cm³/mol. The molecule has 3 heterocycles. The Labute approximate surface area is 174 Å². The van der Waals surface area contributed by atoms with E-state index in [1.807, 2.05) is 42.0 Å². The van der Waals surface area contributed by atoms with Crippen molar-refractivity contribution in [1.82, 2.24) is 14.7 Å². The van der Waals surface area contributed by atoms with Crippen LogP contribution in [0.2, 0.25) is 0 Å². The second-order valence-corrected chi connectivity index (χ2v) is 7.89. The van der Waals surface area contributed by atoms with E-state index < -0.39 is 0 Å². The van der Waals surface area contributed by atoms with Crippen molar-refractivity contribution in [1.29, 1.82) is 0 Å². The Balaban J connectivity index is 1.52. The van der Waals surface area contributed by atoms with E-state index in [9.17, 15) is 9.59 Å². The summed E-state index contributed by atoms with van der Waals surface area (Å²) in [4.78, 5) is 30.9. The van der Waals surface area contributed by atoms with Gasteiger partial charge in [0.05, 0.1) is 10.4 Å². The van der Waals surface area contributed by atoms with Crippen LogP contribution in [0.15, 0.2) is 74.3 Å². The SMILES string of the molecule is CSc1cccc(NC(=O)Cn2cc(-c3nc(-c4cccs4)no3)ccc2=O)c1. The van der Waals surface area contributed by atoms with Gasteiger partial charge in [0.25, 0.3) is 11.4 Å². The fraction of sp³-hybridized carbons (Fsp3) is 0.100. The van der Waals surface area contributed by atoms with Crippen molar-refractivity contribution in [2.75, 3.05) is 11.6 Å². The van der Waals surface area contributed by atoms with Crippen molar-refractivity contribution in [3.8, 4) is 22.2 Å². The van der Waals surface area contributed by atoms with E-state index in [-0.39, 0.29) is 23.9 Å². The summed E-state index contributed by atoms with van der Waals surface area (Å²) in [5.41, 5.74) is 0.959. The number of hydrogen-bond donors (Lipinski definition) is 1. The third-order valence-corrected chi connectivity index (χ3v) is 5.66. The number of carbonyl (C=O) groups is 1. The Morgan fingerprint density at radius 3 is 2.93 bits per heavy atom. The maximum Gasteiger partial charge on any atom is 0.259 e. The number of anilines is 1. The van der Waals surface area contributed by atoms with Gasteiger partial charge in [-0.2, -0.15) is 4.98 Å². The van der Waals surface area contributed by atoms with Gasteiger partial charge in [0.2, 0.25) is 11.7 Å². The molecular weight excluding hydrogens is 408 g/mol. The van der Waals surface area contributed by atoms with Gasteiger partial charge in [0, 0.05) is 22.8 Å². The van der Waals surface area contributed by atoms with Gasteiger partial charge in [0.1, 0.15) is 6.54 Å². The lowest BCUT2D eigenvalue weighted by molar-refractivity contribution is -0.116. The zero-order valence-corrected chi connectivity index (χ0v) is 17.0. The number of nitrogens with zero attached hydrogens (tertiary/aromatic N) is 3. The molecule has 9 heteroatoms. The first-order valence-corrected chi connectivity index (χ1v) is 10.8. The largest absolute Gasteiger partial charge is 0.334 e. The average Bonchev–Trinajstić information content (AvgIpc) is 3.41. The molecule has 0 aliphatic rings. The molecular formula is C20H16N4O3S2. The highest BCUT2D eigenvalue weighted by Crippen LogP contribution is 2.25. The first kappa shape index (κ1) is 19.2. The maximum absolute atomic E-state index is 12.4. The number of hydrogen-bond acceptors (Lipinski definition) is 7. The molecule has 4 rings (SSSR count). The van der Waals surface area contributed by atoms with Gasteiger partial charge in [-0.25, -0.2) is 0 Å². The lowest BCUT2D eigenvalue weighted by atomic mass is 10.2. The molecule has 0 radical (unpaired) electrons. The van der Waals surface area contributed by atoms with Gasteiger partial charge in [-0.05, 0) is 42.0 Å². The van der Waals surface area contributed by atoms with Crippen LogP contribution in [0.3, 0.4) is 0 Å². The second kappa shape index (κ2) is 8.46. The van der Waals surface area contributed by atoms with Gasteiger partial charge in [-0.3, -0.25) is 9.59 Å². The van der Waals surface area contributed by atoms with Gasteiger partial charge < -0.3 is 14.4 Å². The highest BCUT2D eigenvalue weighted by molar-refractivity contribution is 7.98. The molecule has 7 nitrogen and oxygen atoms in total. The van der Waals surface area contributed by atoms with Crippen LogP contribution in [0.4, 0.5) is 5.69 Å². The molecule has 0 spiro atoms. The summed E-state index contributed by atoms with van der Waals surface area (Å²) in [6.45, 7) is -0.123. The van der Waals surface area contributed by atoms with Crippen LogP contribution in [-0.4, -0.2) is 26.9 Å². The number of rotatable bonds is 6. The summed E-state index contributed by atoms with van der Waals surface area (Å²) in [6, 6.07) is 14.3. The smallest absolute Gasteiger partial charge is 0.259 e. The summed E-state index contributed by atoms with van der Waals surface area (Å²) in [5.74, 6) is 0.474. The monoisotopic (exact) mass is 424 g/mol. The minimum absolute atomic E-state index is 0.123. The molecule has 0 saturated carbocycles. The first-order valence-electron chi connectivity index (χ1n) is 8.65. The van der Waals surface area contributed by atoms with Gasteiger partial charge in [0.15, 0.2) is 0 Å². The molecule has 0 bridgehead atoms. The molecule has 0 saturated heterocycles. The Hall–Kier alpha value is -3.17. The number of thioether (sulfide) groups is 1. The number of thiophene rings is 1. The molecule has 0 fully saturated rings. The Morgan fingerprint density at radius 1 is 1.24 bits per heavy atom. The van der Waals surface area contributed by atoms with E-state index in [2.05, 4.69) is 15.5 Å². The molecule has 1 amide bonds. The number of aromatic nitrogens is 3. The molecule has 29 heavy (non-hydrogen) atoms. The van der Waals surface area contributed by atoms with E-state index >= 15 is 0 Å². The molecule has 0 unspecified atom stereocenters. The lowest BCUT2D eigenvalue weighted by Gasteiger charge is -2.09. The van der Waals surface area contributed by atoms with Crippen molar-refractivity contribution in [3.63, 3.8) is 0 Å². The zero-order chi connectivity index (χ0) is 20.2. The molecule has 146 valence electrons. The van der Waals surface area contributed by atoms with Gasteiger partial charge in [-0.15, -0.1) is 23.1 Å². The number of nitrogens with one attached hydrogen (secondary N) is 1. The maximum atomic E-state index is 12.4. The third-order valence-electron chi connectivity index (χ3n) is 4.07. The average molecular weight is 425 g/mol. The van der Waals surface area contributed by atoms with Crippen molar-refractivity contribution in [2.45, 2.75) is 11.4 Å². The summed E-state index contributed by atoms with van der Waals surface area (Å²) in [7, 11) is 0. The third kappa shape index (κ3) is 4.47. The lowest BCUT2D eigenvalue weighted by Crippen LogP contribution is -2.26. The summed E-state index contributed by atoms with van der Waals surface area (Å²) in [5, 5.41) is 8.72. The normalized spacial score (nSPS) is 10.8. The van der Waals surface area contributed by atoms with Crippen LogP contribution < -0.4 is 10.9 Å². The minimum atomic E-state index is -0.299. The Bertz CT molecular complexity index is 1200. The van der Waals surface area contributed by atoms with Crippen molar-refractivity contribution >= 4 is 34.7 Å². The standard InChI is InChI=1S/C20H16N4O3S2/c1-28-15-5-2-4-14(10-15)21-17(25)12-24-11-13(7-8-18(24)26)20-22-19(23-27-20)16-6-3-9-29-16/h2-11H,12H2,1H3,(H,21,25). The van der Waals surface area contributed by atoms with Crippen LogP contribution in [0, 0.1) is 0 Å². The summed E-state index contributed by atoms with van der Waals surface area (Å²) >= 11 is 3.10. The van der Waals surface area contributed by atoms with Crippen molar-refractivity contribution in [3.05, 3.63) is 70.5 Å². The van der Waals surface area contributed by atoms with Crippen LogP contribution in [0.1, 0.15) is 0 Å². The topological polar surface area (TPSA) is 90.0 Å². The molecule has 0 aliphatic heterocycles.